The molecule has 1 rings (SSSR count). The minimum atomic E-state index is -1.62. The van der Waals surface area contributed by atoms with Crippen LogP contribution < -0.4 is 38.9 Å². The van der Waals surface area contributed by atoms with Gasteiger partial charge in [-0.05, 0) is 25.8 Å². The van der Waals surface area contributed by atoms with Crippen LogP contribution in [0.2, 0.25) is 0 Å². The van der Waals surface area contributed by atoms with Crippen molar-refractivity contribution in [2.75, 3.05) is 6.54 Å². The number of hydrogen-bond acceptors (Lipinski definition) is 9. The van der Waals surface area contributed by atoms with E-state index in [4.69, 9.17) is 22.9 Å². The van der Waals surface area contributed by atoms with Crippen molar-refractivity contribution >= 4 is 35.5 Å². The van der Waals surface area contributed by atoms with Crippen LogP contribution in [0, 0.1) is 0 Å². The number of primary amides is 2. The molecule has 0 aliphatic carbocycles. The van der Waals surface area contributed by atoms with Gasteiger partial charge in [-0.3, -0.25) is 24.0 Å². The van der Waals surface area contributed by atoms with Gasteiger partial charge in [0.25, 0.3) is 0 Å². The number of nitrogens with one attached hydrogen (secondary N) is 4. The smallest absolute Gasteiger partial charge is 0.326 e. The van der Waals surface area contributed by atoms with E-state index in [2.05, 4.69) is 25.9 Å². The number of H-pyrrole nitrogens is 1. The molecule has 5 amide bonds. The van der Waals surface area contributed by atoms with Gasteiger partial charge in [-0.1, -0.05) is 0 Å². The van der Waals surface area contributed by atoms with E-state index >= 15 is 0 Å². The topological polar surface area (TPSA) is 292 Å². The number of unbranched alkanes of at least 4 members (excludes halogenated alkanes) is 1. The molecule has 0 radical (unpaired) electrons. The van der Waals surface area contributed by atoms with Crippen molar-refractivity contribution in [3.05, 3.63) is 18.2 Å². The van der Waals surface area contributed by atoms with Crippen molar-refractivity contribution in [3.63, 3.8) is 0 Å². The Morgan fingerprint density at radius 2 is 1.44 bits per heavy atom. The van der Waals surface area contributed by atoms with Crippen molar-refractivity contribution in [1.82, 2.24) is 25.9 Å². The van der Waals surface area contributed by atoms with E-state index in [9.17, 15) is 33.9 Å². The first kappa shape index (κ1) is 30.0. The minimum absolute atomic E-state index is 0.0499. The minimum Gasteiger partial charge on any atom is -0.480 e. The number of imidazole rings is 1. The molecule has 16 heteroatoms. The molecular weight excluding hydrogens is 478 g/mol. The Kier molecular flexibility index (Phi) is 12.5. The molecular formula is C20H33N9O7. The summed E-state index contributed by atoms with van der Waals surface area (Å²) in [6.07, 6.45) is 2.60. The molecule has 1 heterocycles. The van der Waals surface area contributed by atoms with Crippen LogP contribution in [0.25, 0.3) is 0 Å². The van der Waals surface area contributed by atoms with E-state index in [1.807, 2.05) is 0 Å². The highest BCUT2D eigenvalue weighted by Gasteiger charge is 2.31. The SMILES string of the molecule is NCCCCC(NC(=O)C(CC(N)=O)NC(=O)C(N)Cc1cnc[nH]1)C(=O)NC(CC(N)=O)C(=O)O. The average molecular weight is 512 g/mol. The van der Waals surface area contributed by atoms with E-state index < -0.39 is 72.5 Å². The maximum Gasteiger partial charge on any atom is 0.326 e. The number of carboxylic acids is 1. The lowest BCUT2D eigenvalue weighted by Gasteiger charge is -2.24. The van der Waals surface area contributed by atoms with Crippen molar-refractivity contribution in [2.45, 2.75) is 62.7 Å². The van der Waals surface area contributed by atoms with Gasteiger partial charge in [0.2, 0.25) is 29.5 Å². The van der Waals surface area contributed by atoms with Crippen LogP contribution in [0.15, 0.2) is 12.5 Å². The van der Waals surface area contributed by atoms with E-state index in [1.165, 1.54) is 12.5 Å². The summed E-state index contributed by atoms with van der Waals surface area (Å²) in [5.74, 6) is -5.96. The van der Waals surface area contributed by atoms with Gasteiger partial charge in [0.15, 0.2) is 0 Å². The molecule has 36 heavy (non-hydrogen) atoms. The summed E-state index contributed by atoms with van der Waals surface area (Å²) in [6.45, 7) is 0.302. The summed E-state index contributed by atoms with van der Waals surface area (Å²) < 4.78 is 0. The largest absolute Gasteiger partial charge is 0.480 e. The monoisotopic (exact) mass is 511 g/mol. The van der Waals surface area contributed by atoms with Crippen LogP contribution in [-0.4, -0.2) is 81.3 Å². The Hall–Kier alpha value is -4.05. The van der Waals surface area contributed by atoms with Gasteiger partial charge in [-0.2, -0.15) is 0 Å². The summed E-state index contributed by atoms with van der Waals surface area (Å²) in [7, 11) is 0. The van der Waals surface area contributed by atoms with Gasteiger partial charge in [-0.15, -0.1) is 0 Å². The second-order valence-electron chi connectivity index (χ2n) is 8.03. The molecule has 1 aromatic rings. The van der Waals surface area contributed by atoms with Gasteiger partial charge >= 0.3 is 5.97 Å². The van der Waals surface area contributed by atoms with E-state index in [1.54, 1.807) is 0 Å². The first-order valence-electron chi connectivity index (χ1n) is 11.1. The number of nitrogens with two attached hydrogens (primary N) is 4. The molecule has 0 aromatic carbocycles. The zero-order valence-electron chi connectivity index (χ0n) is 19.6. The van der Waals surface area contributed by atoms with E-state index in [-0.39, 0.29) is 12.8 Å². The molecule has 0 saturated carbocycles. The Balaban J connectivity index is 2.96. The Morgan fingerprint density at radius 1 is 0.889 bits per heavy atom. The molecule has 0 aliphatic rings. The van der Waals surface area contributed by atoms with Crippen LogP contribution >= 0.6 is 0 Å². The summed E-state index contributed by atoms with van der Waals surface area (Å²) in [6, 6.07) is -5.45. The number of nitrogens with zero attached hydrogens (tertiary/aromatic N) is 1. The first-order chi connectivity index (χ1) is 16.9. The fourth-order valence-electron chi connectivity index (χ4n) is 3.12. The lowest BCUT2D eigenvalue weighted by molar-refractivity contribution is -0.144. The molecule has 4 atom stereocenters. The lowest BCUT2D eigenvalue weighted by atomic mass is 10.1. The lowest BCUT2D eigenvalue weighted by Crippen LogP contribution is -2.58. The zero-order chi connectivity index (χ0) is 27.3. The molecule has 4 unspecified atom stereocenters. The van der Waals surface area contributed by atoms with Crippen LogP contribution in [-0.2, 0) is 35.2 Å². The van der Waals surface area contributed by atoms with Crippen molar-refractivity contribution < 1.29 is 33.9 Å². The third kappa shape index (κ3) is 10.9. The van der Waals surface area contributed by atoms with Crippen LogP contribution in [0.5, 0.6) is 0 Å². The molecule has 200 valence electrons. The second-order valence-corrected chi connectivity index (χ2v) is 8.03. The summed E-state index contributed by atoms with van der Waals surface area (Å²) in [5.41, 5.74) is 22.1. The first-order valence-corrected chi connectivity index (χ1v) is 11.1. The number of carbonyl (C=O) groups excluding carboxylic acids is 5. The second kappa shape index (κ2) is 15.0. The number of aliphatic carboxylic acids is 1. The van der Waals surface area contributed by atoms with Gasteiger partial charge in [-0.25, -0.2) is 9.78 Å². The van der Waals surface area contributed by atoms with Gasteiger partial charge < -0.3 is 49.0 Å². The Bertz CT molecular complexity index is 923. The fraction of sp³-hybridized carbons (Fsp3) is 0.550. The standard InChI is InChI=1S/C20H33N9O7/c21-4-2-1-3-12(18(33)29-14(20(35)36)7-16(24)31)27-19(34)13(6-15(23)30)28-17(32)11(22)5-10-8-25-9-26-10/h8-9,11-14H,1-7,21-22H2,(H2,23,30)(H2,24,31)(H,25,26)(H,27,34)(H,28,32)(H,29,33)(H,35,36). The Morgan fingerprint density at radius 3 is 1.97 bits per heavy atom. The maximum absolute atomic E-state index is 12.9. The highest BCUT2D eigenvalue weighted by molar-refractivity contribution is 5.96. The van der Waals surface area contributed by atoms with E-state index in [0.29, 0.717) is 25.1 Å². The molecule has 0 bridgehead atoms. The van der Waals surface area contributed by atoms with Crippen molar-refractivity contribution in [1.29, 1.82) is 0 Å². The predicted octanol–water partition coefficient (Wildman–Crippen LogP) is -4.30. The van der Waals surface area contributed by atoms with Crippen LogP contribution in [0.3, 0.4) is 0 Å². The molecule has 0 saturated heterocycles. The quantitative estimate of drug-likeness (QED) is 0.0906. The predicted molar refractivity (Wildman–Crippen MR) is 124 cm³/mol. The molecule has 16 nitrogen and oxygen atoms in total. The van der Waals surface area contributed by atoms with Gasteiger partial charge in [0.05, 0.1) is 25.2 Å². The fourth-order valence-corrected chi connectivity index (χ4v) is 3.12. The third-order valence-corrected chi connectivity index (χ3v) is 4.97. The number of rotatable bonds is 17. The van der Waals surface area contributed by atoms with Crippen LogP contribution in [0.1, 0.15) is 37.8 Å². The highest BCUT2D eigenvalue weighted by Crippen LogP contribution is 2.05. The summed E-state index contributed by atoms with van der Waals surface area (Å²) in [5, 5.41) is 16.1. The molecule has 1 aromatic heterocycles. The number of hydrogen-bond donors (Lipinski definition) is 9. The Labute approximate surface area is 206 Å². The number of carbonyl (C=O) groups is 6. The maximum atomic E-state index is 12.9. The van der Waals surface area contributed by atoms with Gasteiger partial charge in [0.1, 0.15) is 18.1 Å². The number of aromatic amines is 1. The van der Waals surface area contributed by atoms with E-state index in [0.717, 1.165) is 0 Å². The molecule has 0 spiro atoms. The van der Waals surface area contributed by atoms with Gasteiger partial charge in [0, 0.05) is 18.3 Å². The van der Waals surface area contributed by atoms with Crippen molar-refractivity contribution in [2.24, 2.45) is 22.9 Å². The molecule has 0 fully saturated rings. The van der Waals surface area contributed by atoms with Crippen molar-refractivity contribution in [3.8, 4) is 0 Å². The summed E-state index contributed by atoms with van der Waals surface area (Å²) in [4.78, 5) is 78.8. The molecule has 13 N–H and O–H groups in total. The molecule has 0 aliphatic heterocycles. The number of carboxylic acid groups (broad SMARTS) is 1. The number of aromatic nitrogens is 2. The highest BCUT2D eigenvalue weighted by atomic mass is 16.4. The normalized spacial score (nSPS) is 14.1. The number of amides is 5. The van der Waals surface area contributed by atoms with Crippen LogP contribution in [0.4, 0.5) is 0 Å². The average Bonchev–Trinajstić information content (AvgIpc) is 3.29. The third-order valence-electron chi connectivity index (χ3n) is 4.97. The summed E-state index contributed by atoms with van der Waals surface area (Å²) >= 11 is 0. The zero-order valence-corrected chi connectivity index (χ0v) is 19.6.